The highest BCUT2D eigenvalue weighted by molar-refractivity contribution is 14.1. The Labute approximate surface area is 98.6 Å². The molecule has 0 bridgehead atoms. The van der Waals surface area contributed by atoms with Gasteiger partial charge in [0.15, 0.2) is 5.69 Å². The highest BCUT2D eigenvalue weighted by Gasteiger charge is 2.16. The molecule has 0 saturated carbocycles. The number of H-pyrrole nitrogens is 1. The first-order valence-electron chi connectivity index (χ1n) is 4.08. The summed E-state index contributed by atoms with van der Waals surface area (Å²) >= 11 is 2.06. The molecule has 1 heterocycles. The fraction of sp³-hybridized carbons (Fsp3) is 0.111. The van der Waals surface area contributed by atoms with Crippen molar-refractivity contribution >= 4 is 39.5 Å². The second-order valence-electron chi connectivity index (χ2n) is 2.91. The Bertz CT molecular complexity index is 535. The molecule has 78 valence electrons. The minimum absolute atomic E-state index is 0.0389. The van der Waals surface area contributed by atoms with Gasteiger partial charge < -0.3 is 9.84 Å². The molecule has 0 atom stereocenters. The van der Waals surface area contributed by atoms with Gasteiger partial charge in [-0.15, -0.1) is 0 Å². The number of aromatic carboxylic acids is 1. The number of nitrogens with zero attached hydrogens (tertiary/aromatic N) is 1. The summed E-state index contributed by atoms with van der Waals surface area (Å²) in [7, 11) is 1.56. The quantitative estimate of drug-likeness (QED) is 0.829. The molecule has 0 amide bonds. The minimum Gasteiger partial charge on any atom is -0.497 e. The Hall–Kier alpha value is -1.31. The molecule has 2 N–H and O–H groups in total. The molecule has 5 nitrogen and oxygen atoms in total. The van der Waals surface area contributed by atoms with Crippen LogP contribution >= 0.6 is 22.6 Å². The van der Waals surface area contributed by atoms with Gasteiger partial charge in [0, 0.05) is 15.0 Å². The van der Waals surface area contributed by atoms with E-state index in [1.807, 2.05) is 0 Å². The van der Waals surface area contributed by atoms with Crippen molar-refractivity contribution < 1.29 is 14.6 Å². The van der Waals surface area contributed by atoms with E-state index in [9.17, 15) is 4.79 Å². The lowest BCUT2D eigenvalue weighted by Crippen LogP contribution is -1.97. The first-order valence-corrected chi connectivity index (χ1v) is 5.16. The fourth-order valence-corrected chi connectivity index (χ4v) is 2.21. The maximum Gasteiger partial charge on any atom is 0.357 e. The van der Waals surface area contributed by atoms with Crippen LogP contribution in [0.1, 0.15) is 10.5 Å². The van der Waals surface area contributed by atoms with Crippen LogP contribution in [0.5, 0.6) is 5.75 Å². The predicted octanol–water partition coefficient (Wildman–Crippen LogP) is 1.87. The second kappa shape index (κ2) is 3.69. The summed E-state index contributed by atoms with van der Waals surface area (Å²) in [5.41, 5.74) is 0.702. The van der Waals surface area contributed by atoms with Gasteiger partial charge in [-0.05, 0) is 28.7 Å². The Morgan fingerprint density at radius 2 is 2.33 bits per heavy atom. The molecular formula is C9H7IN2O3. The van der Waals surface area contributed by atoms with Crippen LogP contribution in [0.25, 0.3) is 10.9 Å². The number of carboxylic acids is 1. The van der Waals surface area contributed by atoms with Gasteiger partial charge in [0.25, 0.3) is 0 Å². The number of aromatic nitrogens is 2. The molecule has 0 aliphatic carbocycles. The molecule has 0 saturated heterocycles. The number of rotatable bonds is 2. The molecule has 2 aromatic rings. The number of carboxylic acid groups (broad SMARTS) is 1. The topological polar surface area (TPSA) is 75.2 Å². The third-order valence-corrected chi connectivity index (χ3v) is 2.88. The van der Waals surface area contributed by atoms with Crippen molar-refractivity contribution in [3.05, 3.63) is 21.4 Å². The van der Waals surface area contributed by atoms with Crippen LogP contribution in [0.15, 0.2) is 12.1 Å². The van der Waals surface area contributed by atoms with Gasteiger partial charge in [0.1, 0.15) is 5.75 Å². The van der Waals surface area contributed by atoms with Gasteiger partial charge in [-0.1, -0.05) is 0 Å². The van der Waals surface area contributed by atoms with Gasteiger partial charge in [0.2, 0.25) is 0 Å². The lowest BCUT2D eigenvalue weighted by Gasteiger charge is -2.01. The van der Waals surface area contributed by atoms with Crippen molar-refractivity contribution in [2.24, 2.45) is 0 Å². The van der Waals surface area contributed by atoms with E-state index in [4.69, 9.17) is 9.84 Å². The van der Waals surface area contributed by atoms with Crippen molar-refractivity contribution in [3.63, 3.8) is 0 Å². The van der Waals surface area contributed by atoms with Gasteiger partial charge in [-0.2, -0.15) is 5.10 Å². The molecule has 6 heteroatoms. The maximum atomic E-state index is 10.9. The summed E-state index contributed by atoms with van der Waals surface area (Å²) in [5, 5.41) is 15.9. The monoisotopic (exact) mass is 318 g/mol. The number of hydrogen-bond donors (Lipinski definition) is 2. The zero-order chi connectivity index (χ0) is 11.0. The summed E-state index contributed by atoms with van der Waals surface area (Å²) in [6.45, 7) is 0. The Morgan fingerprint density at radius 3 is 2.93 bits per heavy atom. The van der Waals surface area contributed by atoms with Crippen LogP contribution in [0.3, 0.4) is 0 Å². The van der Waals surface area contributed by atoms with Gasteiger partial charge >= 0.3 is 5.97 Å². The predicted molar refractivity (Wildman–Crippen MR) is 62.3 cm³/mol. The van der Waals surface area contributed by atoms with Crippen LogP contribution in [0, 0.1) is 3.57 Å². The van der Waals surface area contributed by atoms with E-state index in [0.717, 1.165) is 3.57 Å². The van der Waals surface area contributed by atoms with Crippen LogP contribution in [0.4, 0.5) is 0 Å². The smallest absolute Gasteiger partial charge is 0.357 e. The van der Waals surface area contributed by atoms with E-state index in [0.29, 0.717) is 16.7 Å². The zero-order valence-electron chi connectivity index (χ0n) is 7.74. The Morgan fingerprint density at radius 1 is 1.60 bits per heavy atom. The molecule has 2 rings (SSSR count). The third-order valence-electron chi connectivity index (χ3n) is 2.03. The van der Waals surface area contributed by atoms with E-state index < -0.39 is 5.97 Å². The lowest BCUT2D eigenvalue weighted by molar-refractivity contribution is 0.0692. The van der Waals surface area contributed by atoms with Crippen molar-refractivity contribution in [2.45, 2.75) is 0 Å². The van der Waals surface area contributed by atoms with Crippen LogP contribution < -0.4 is 4.74 Å². The zero-order valence-corrected chi connectivity index (χ0v) is 9.90. The molecule has 0 aliphatic rings. The molecule has 1 aromatic carbocycles. The summed E-state index contributed by atoms with van der Waals surface area (Å²) in [6.07, 6.45) is 0. The molecule has 0 fully saturated rings. The SMILES string of the molecule is COc1cc(I)c2c(C(=O)O)n[nH]c2c1. The van der Waals surface area contributed by atoms with Gasteiger partial charge in [-0.25, -0.2) is 4.79 Å². The normalized spacial score (nSPS) is 10.5. The highest BCUT2D eigenvalue weighted by Crippen LogP contribution is 2.27. The number of aromatic amines is 1. The molecular weight excluding hydrogens is 311 g/mol. The second-order valence-corrected chi connectivity index (χ2v) is 4.07. The minimum atomic E-state index is -1.04. The maximum absolute atomic E-state index is 10.9. The number of hydrogen-bond acceptors (Lipinski definition) is 3. The van der Waals surface area contributed by atoms with Crippen LogP contribution in [-0.2, 0) is 0 Å². The molecule has 15 heavy (non-hydrogen) atoms. The summed E-state index contributed by atoms with van der Waals surface area (Å²) in [6, 6.07) is 3.49. The molecule has 0 spiro atoms. The van der Waals surface area contributed by atoms with Crippen molar-refractivity contribution in [1.82, 2.24) is 10.2 Å². The van der Waals surface area contributed by atoms with Crippen molar-refractivity contribution in [1.29, 1.82) is 0 Å². The Kier molecular flexibility index (Phi) is 2.51. The third kappa shape index (κ3) is 1.65. The van der Waals surface area contributed by atoms with Crippen LogP contribution in [-0.4, -0.2) is 28.4 Å². The summed E-state index contributed by atoms with van der Waals surface area (Å²) < 4.78 is 5.87. The number of benzene rings is 1. The molecule has 0 radical (unpaired) electrons. The van der Waals surface area contributed by atoms with Crippen LogP contribution in [0.2, 0.25) is 0 Å². The Balaban J connectivity index is 2.77. The molecule has 0 aliphatic heterocycles. The van der Waals surface area contributed by atoms with Gasteiger partial charge in [-0.3, -0.25) is 5.10 Å². The summed E-state index contributed by atoms with van der Waals surface area (Å²) in [4.78, 5) is 10.9. The van der Waals surface area contributed by atoms with E-state index >= 15 is 0 Å². The molecule has 1 aromatic heterocycles. The number of methoxy groups -OCH3 is 1. The van der Waals surface area contributed by atoms with E-state index in [1.165, 1.54) is 0 Å². The molecule has 0 unspecified atom stereocenters. The number of halogens is 1. The number of ether oxygens (including phenoxy) is 1. The van der Waals surface area contributed by atoms with E-state index in [-0.39, 0.29) is 5.69 Å². The largest absolute Gasteiger partial charge is 0.497 e. The summed E-state index contributed by atoms with van der Waals surface area (Å²) in [5.74, 6) is -0.364. The average molecular weight is 318 g/mol. The number of fused-ring (bicyclic) bond motifs is 1. The first kappa shape index (κ1) is 10.2. The first-order chi connectivity index (χ1) is 7.13. The standard InChI is InChI=1S/C9H7IN2O3/c1-15-4-2-5(10)7-6(3-4)11-12-8(7)9(13)14/h2-3H,1H3,(H,11,12)(H,13,14). The van der Waals surface area contributed by atoms with Crippen molar-refractivity contribution in [2.75, 3.05) is 7.11 Å². The van der Waals surface area contributed by atoms with Crippen molar-refractivity contribution in [3.8, 4) is 5.75 Å². The lowest BCUT2D eigenvalue weighted by atomic mass is 10.2. The van der Waals surface area contributed by atoms with Gasteiger partial charge in [0.05, 0.1) is 12.6 Å². The fourth-order valence-electron chi connectivity index (χ4n) is 1.36. The highest BCUT2D eigenvalue weighted by atomic mass is 127. The number of nitrogens with one attached hydrogen (secondary N) is 1. The van der Waals surface area contributed by atoms with E-state index in [2.05, 4.69) is 32.8 Å². The average Bonchev–Trinajstić information content (AvgIpc) is 2.61. The van der Waals surface area contributed by atoms with E-state index in [1.54, 1.807) is 19.2 Å². The number of carbonyl (C=O) groups is 1.